The Morgan fingerprint density at radius 3 is 2.25 bits per heavy atom. The van der Waals surface area contributed by atoms with Crippen LogP contribution in [0.15, 0.2) is 23.8 Å². The van der Waals surface area contributed by atoms with E-state index >= 15 is 0 Å². The Morgan fingerprint density at radius 1 is 1.50 bits per heavy atom. The Bertz CT molecular complexity index is 122. The molecule has 0 radical (unpaired) electrons. The second-order valence-electron chi connectivity index (χ2n) is 2.08. The molecule has 0 fully saturated rings. The number of allylic oxidation sites excluding steroid dienone is 4. The van der Waals surface area contributed by atoms with E-state index in [4.69, 9.17) is 0 Å². The molecule has 0 saturated heterocycles. The van der Waals surface area contributed by atoms with E-state index in [2.05, 4.69) is 32.1 Å². The summed E-state index contributed by atoms with van der Waals surface area (Å²) in [5, 5.41) is 0. The zero-order chi connectivity index (χ0) is 5.28. The number of rotatable bonds is 0. The molecule has 0 heterocycles. The summed E-state index contributed by atoms with van der Waals surface area (Å²) >= 11 is 0. The summed E-state index contributed by atoms with van der Waals surface area (Å²) in [7, 11) is 0. The van der Waals surface area contributed by atoms with Crippen LogP contribution in [0.4, 0.5) is 0 Å². The maximum Gasteiger partial charge on any atom is 0 e. The van der Waals surface area contributed by atoms with Crippen molar-refractivity contribution in [3.63, 3.8) is 0 Å². The maximum absolute atomic E-state index is 2.20. The molecule has 0 spiro atoms. The third-order valence-electron chi connectivity index (χ3n) is 1.48. The fourth-order valence-corrected chi connectivity index (χ4v) is 0.678. The van der Waals surface area contributed by atoms with Crippen LogP contribution < -0.4 is 0 Å². The quantitative estimate of drug-likeness (QED) is 0.641. The van der Waals surface area contributed by atoms with E-state index in [1.165, 1.54) is 5.57 Å². The van der Waals surface area contributed by atoms with Gasteiger partial charge in [-0.2, -0.15) is 0 Å². The van der Waals surface area contributed by atoms with E-state index in [0.717, 1.165) is 0 Å². The largest absolute Gasteiger partial charge is 0.0776 e. The van der Waals surface area contributed by atoms with Crippen molar-refractivity contribution in [1.29, 1.82) is 0 Å². The average molecular weight is 289 g/mol. The van der Waals surface area contributed by atoms with Crippen LogP contribution in [0.1, 0.15) is 13.8 Å². The molecular formula is C7H10Pt. The molecule has 1 aliphatic rings. The Balaban J connectivity index is 0.000000490. The van der Waals surface area contributed by atoms with E-state index in [9.17, 15) is 0 Å². The smallest absolute Gasteiger partial charge is 0 e. The SMILES string of the molecule is CC1=CC=CC1C.[Pt]. The summed E-state index contributed by atoms with van der Waals surface area (Å²) < 4.78 is 0. The number of hydrogen-bond acceptors (Lipinski definition) is 0. The molecule has 1 heteroatoms. The third kappa shape index (κ3) is 1.59. The molecule has 0 aromatic carbocycles. The molecule has 0 saturated carbocycles. The molecule has 1 unspecified atom stereocenters. The second-order valence-corrected chi connectivity index (χ2v) is 2.08. The van der Waals surface area contributed by atoms with Crippen LogP contribution in [0, 0.1) is 5.92 Å². The molecule has 0 N–H and O–H groups in total. The second kappa shape index (κ2) is 3.24. The van der Waals surface area contributed by atoms with Gasteiger partial charge in [-0.15, -0.1) is 0 Å². The predicted octanol–water partition coefficient (Wildman–Crippen LogP) is 2.14. The first-order valence-electron chi connectivity index (χ1n) is 2.65. The molecule has 0 amide bonds. The predicted molar refractivity (Wildman–Crippen MR) is 32.1 cm³/mol. The van der Waals surface area contributed by atoms with Crippen LogP contribution in [0.3, 0.4) is 0 Å². The van der Waals surface area contributed by atoms with E-state index < -0.39 is 0 Å². The van der Waals surface area contributed by atoms with Crippen LogP contribution >= 0.6 is 0 Å². The van der Waals surface area contributed by atoms with E-state index in [1.54, 1.807) is 0 Å². The molecular weight excluding hydrogens is 279 g/mol. The summed E-state index contributed by atoms with van der Waals surface area (Å²) in [4.78, 5) is 0. The monoisotopic (exact) mass is 289 g/mol. The molecule has 1 atom stereocenters. The van der Waals surface area contributed by atoms with Gasteiger partial charge in [-0.05, 0) is 12.8 Å². The van der Waals surface area contributed by atoms with Crippen molar-refractivity contribution in [1.82, 2.24) is 0 Å². The zero-order valence-electron chi connectivity index (χ0n) is 5.13. The topological polar surface area (TPSA) is 0 Å². The van der Waals surface area contributed by atoms with Crippen LogP contribution in [0.25, 0.3) is 0 Å². The first-order valence-corrected chi connectivity index (χ1v) is 2.65. The van der Waals surface area contributed by atoms with Gasteiger partial charge in [0.15, 0.2) is 0 Å². The normalized spacial score (nSPS) is 24.8. The molecule has 0 aliphatic heterocycles. The van der Waals surface area contributed by atoms with Crippen molar-refractivity contribution < 1.29 is 21.1 Å². The van der Waals surface area contributed by atoms with Gasteiger partial charge in [-0.1, -0.05) is 30.7 Å². The summed E-state index contributed by atoms with van der Waals surface area (Å²) in [6.07, 6.45) is 6.47. The van der Waals surface area contributed by atoms with Gasteiger partial charge in [0.25, 0.3) is 0 Å². The molecule has 0 bridgehead atoms. The molecule has 8 heavy (non-hydrogen) atoms. The average Bonchev–Trinajstić information content (AvgIpc) is 1.91. The molecule has 1 rings (SSSR count). The maximum atomic E-state index is 2.20. The molecule has 0 aromatic rings. The van der Waals surface area contributed by atoms with Crippen molar-refractivity contribution in [2.24, 2.45) is 5.92 Å². The van der Waals surface area contributed by atoms with E-state index in [1.807, 2.05) is 0 Å². The van der Waals surface area contributed by atoms with Gasteiger partial charge in [0.05, 0.1) is 0 Å². The van der Waals surface area contributed by atoms with Crippen molar-refractivity contribution >= 4 is 0 Å². The first-order chi connectivity index (χ1) is 3.30. The third-order valence-corrected chi connectivity index (χ3v) is 1.48. The van der Waals surface area contributed by atoms with Crippen LogP contribution in [-0.2, 0) is 21.1 Å². The minimum Gasteiger partial charge on any atom is -0.0776 e. The summed E-state index contributed by atoms with van der Waals surface area (Å²) in [5.74, 6) is 0.694. The first kappa shape index (κ1) is 8.17. The van der Waals surface area contributed by atoms with Crippen molar-refractivity contribution in [3.05, 3.63) is 23.8 Å². The Kier molecular flexibility index (Phi) is 3.31. The summed E-state index contributed by atoms with van der Waals surface area (Å²) in [5.41, 5.74) is 1.47. The van der Waals surface area contributed by atoms with Gasteiger partial charge in [0.2, 0.25) is 0 Å². The van der Waals surface area contributed by atoms with Crippen molar-refractivity contribution in [2.75, 3.05) is 0 Å². The van der Waals surface area contributed by atoms with Gasteiger partial charge in [0.1, 0.15) is 0 Å². The molecule has 0 aromatic heterocycles. The fourth-order valence-electron chi connectivity index (χ4n) is 0.678. The summed E-state index contributed by atoms with van der Waals surface area (Å²) in [6.45, 7) is 4.36. The minimum atomic E-state index is 0. The molecule has 48 valence electrons. The summed E-state index contributed by atoms with van der Waals surface area (Å²) in [6, 6.07) is 0. The van der Waals surface area contributed by atoms with E-state index in [0.29, 0.717) is 5.92 Å². The van der Waals surface area contributed by atoms with Gasteiger partial charge in [0, 0.05) is 21.1 Å². The minimum absolute atomic E-state index is 0. The Morgan fingerprint density at radius 2 is 2.12 bits per heavy atom. The zero-order valence-corrected chi connectivity index (χ0v) is 7.40. The van der Waals surface area contributed by atoms with Crippen LogP contribution in [0.2, 0.25) is 0 Å². The fraction of sp³-hybridized carbons (Fsp3) is 0.429. The molecule has 1 aliphatic carbocycles. The van der Waals surface area contributed by atoms with E-state index in [-0.39, 0.29) is 21.1 Å². The van der Waals surface area contributed by atoms with Gasteiger partial charge in [-0.25, -0.2) is 0 Å². The van der Waals surface area contributed by atoms with Crippen LogP contribution in [-0.4, -0.2) is 0 Å². The number of hydrogen-bond donors (Lipinski definition) is 0. The molecule has 0 nitrogen and oxygen atoms in total. The van der Waals surface area contributed by atoms with Gasteiger partial charge >= 0.3 is 0 Å². The Labute approximate surface area is 64.9 Å². The van der Waals surface area contributed by atoms with Gasteiger partial charge < -0.3 is 0 Å². The van der Waals surface area contributed by atoms with Crippen molar-refractivity contribution in [3.8, 4) is 0 Å². The van der Waals surface area contributed by atoms with Crippen molar-refractivity contribution in [2.45, 2.75) is 13.8 Å². The Hall–Kier alpha value is 0.168. The van der Waals surface area contributed by atoms with Crippen LogP contribution in [0.5, 0.6) is 0 Å². The van der Waals surface area contributed by atoms with Gasteiger partial charge in [-0.3, -0.25) is 0 Å². The standard InChI is InChI=1S/C7H10.Pt/c1-6-4-3-5-7(6)2;/h3-6H,1-2H3;.